The number of piperidine rings is 1. The first-order valence-corrected chi connectivity index (χ1v) is 11.5. The van der Waals surface area contributed by atoms with Crippen molar-refractivity contribution >= 4 is 21.7 Å². The van der Waals surface area contributed by atoms with E-state index >= 15 is 0 Å². The van der Waals surface area contributed by atoms with E-state index < -0.39 is 21.3 Å². The molecule has 0 aromatic heterocycles. The van der Waals surface area contributed by atoms with Gasteiger partial charge in [0.05, 0.1) is 5.25 Å². The highest BCUT2D eigenvalue weighted by molar-refractivity contribution is 7.90. The largest absolute Gasteiger partial charge is 0.332 e. The molecule has 0 spiro atoms. The third kappa shape index (κ3) is 5.44. The summed E-state index contributed by atoms with van der Waals surface area (Å²) in [6, 6.07) is 1.98. The van der Waals surface area contributed by atoms with E-state index in [0.717, 1.165) is 19.5 Å². The van der Waals surface area contributed by atoms with Gasteiger partial charge < -0.3 is 10.2 Å². The third-order valence-electron chi connectivity index (χ3n) is 5.23. The van der Waals surface area contributed by atoms with Crippen molar-refractivity contribution < 1.29 is 17.6 Å². The molecule has 1 atom stereocenters. The van der Waals surface area contributed by atoms with Crippen LogP contribution in [0.3, 0.4) is 0 Å². The topological polar surface area (TPSA) is 78.5 Å². The molecule has 6 nitrogen and oxygen atoms in total. The van der Waals surface area contributed by atoms with Gasteiger partial charge in [0.25, 0.3) is 0 Å². The Kier molecular flexibility index (Phi) is 7.45. The molecule has 0 saturated carbocycles. The summed E-state index contributed by atoms with van der Waals surface area (Å²) < 4.78 is 41.6. The van der Waals surface area contributed by atoms with Crippen molar-refractivity contribution in [3.63, 3.8) is 0 Å². The van der Waals surface area contributed by atoms with Crippen molar-refractivity contribution in [3.05, 3.63) is 29.1 Å². The lowest BCUT2D eigenvalue weighted by atomic mass is 9.92. The van der Waals surface area contributed by atoms with Gasteiger partial charge in [0.2, 0.25) is 10.0 Å². The van der Waals surface area contributed by atoms with Crippen molar-refractivity contribution in [1.82, 2.24) is 9.62 Å². The summed E-state index contributed by atoms with van der Waals surface area (Å²) >= 11 is 0. The summed E-state index contributed by atoms with van der Waals surface area (Å²) in [5, 5.41) is 2.06. The zero-order chi connectivity index (χ0) is 21.1. The number of amides is 2. The summed E-state index contributed by atoms with van der Waals surface area (Å²) in [6.45, 7) is 11.7. The van der Waals surface area contributed by atoms with Crippen LogP contribution in [-0.2, 0) is 10.0 Å². The Bertz CT molecular complexity index is 780. The molecule has 8 heteroatoms. The molecule has 158 valence electrons. The number of nitrogens with zero attached hydrogens (tertiary/aromatic N) is 1. The number of anilines is 1. The fraction of sp³-hybridized carbons (Fsp3) is 0.650. The monoisotopic (exact) mass is 413 g/mol. The molecule has 2 N–H and O–H groups in total. The average Bonchev–Trinajstić information content (AvgIpc) is 2.62. The Labute approximate surface area is 167 Å². The van der Waals surface area contributed by atoms with Crippen LogP contribution in [0.2, 0.25) is 0 Å². The minimum Gasteiger partial charge on any atom is -0.307 e. The number of halogens is 1. The molecular formula is C20H32FN3O3S. The first-order valence-electron chi connectivity index (χ1n) is 9.93. The first kappa shape index (κ1) is 22.6. The zero-order valence-electron chi connectivity index (χ0n) is 17.4. The van der Waals surface area contributed by atoms with Crippen LogP contribution in [0, 0.1) is 5.82 Å². The number of rotatable bonds is 6. The summed E-state index contributed by atoms with van der Waals surface area (Å²) in [5.41, 5.74) is 1.77. The fourth-order valence-electron chi connectivity index (χ4n) is 3.61. The molecule has 1 aromatic rings. The lowest BCUT2D eigenvalue weighted by molar-refractivity contribution is 0.240. The number of hydrogen-bond donors (Lipinski definition) is 2. The number of carbonyl (C=O) groups is 1. The molecule has 28 heavy (non-hydrogen) atoms. The van der Waals surface area contributed by atoms with Crippen molar-refractivity contribution in [3.8, 4) is 0 Å². The second-order valence-electron chi connectivity index (χ2n) is 8.03. The molecule has 1 unspecified atom stereocenters. The standard InChI is InChI=1S/C20H32FN3O3S/c1-6-24-9-7-8-16(12-24)28(26,27)23-20(25)22-19-17(13(2)3)10-15(21)11-18(19)14(4)5/h10-11,13-14,16H,6-9,12H2,1-5H3,(H2,22,23,25). The van der Waals surface area contributed by atoms with Crippen LogP contribution in [-0.4, -0.2) is 44.2 Å². The van der Waals surface area contributed by atoms with Crippen molar-refractivity contribution in [1.29, 1.82) is 0 Å². The number of nitrogens with one attached hydrogen (secondary N) is 2. The van der Waals surface area contributed by atoms with Crippen molar-refractivity contribution in [2.45, 2.75) is 64.5 Å². The van der Waals surface area contributed by atoms with Crippen LogP contribution in [0.1, 0.15) is 70.4 Å². The number of hydrogen-bond acceptors (Lipinski definition) is 4. The zero-order valence-corrected chi connectivity index (χ0v) is 18.2. The summed E-state index contributed by atoms with van der Waals surface area (Å²) in [7, 11) is -3.80. The van der Waals surface area contributed by atoms with Gasteiger partial charge in [0.1, 0.15) is 5.82 Å². The Hall–Kier alpha value is -1.67. The van der Waals surface area contributed by atoms with Gasteiger partial charge in [-0.25, -0.2) is 22.3 Å². The predicted molar refractivity (Wildman–Crippen MR) is 111 cm³/mol. The number of likely N-dealkylation sites (tertiary alicyclic amines) is 1. The second-order valence-corrected chi connectivity index (χ2v) is 9.99. The minimum absolute atomic E-state index is 0.0310. The Morgan fingerprint density at radius 2 is 1.79 bits per heavy atom. The fourth-order valence-corrected chi connectivity index (χ4v) is 4.97. The molecule has 1 heterocycles. The van der Waals surface area contributed by atoms with Gasteiger partial charge in [-0.05, 0) is 61.0 Å². The van der Waals surface area contributed by atoms with E-state index in [4.69, 9.17) is 0 Å². The van der Waals surface area contributed by atoms with Gasteiger partial charge in [-0.1, -0.05) is 34.6 Å². The molecular weight excluding hydrogens is 381 g/mol. The lowest BCUT2D eigenvalue weighted by Gasteiger charge is -2.31. The maximum atomic E-state index is 14.0. The number of sulfonamides is 1. The second kappa shape index (κ2) is 9.22. The van der Waals surface area contributed by atoms with Gasteiger partial charge in [-0.15, -0.1) is 0 Å². The van der Waals surface area contributed by atoms with E-state index in [-0.39, 0.29) is 17.7 Å². The Morgan fingerprint density at radius 1 is 1.21 bits per heavy atom. The van der Waals surface area contributed by atoms with Gasteiger partial charge >= 0.3 is 6.03 Å². The van der Waals surface area contributed by atoms with Crippen LogP contribution in [0.15, 0.2) is 12.1 Å². The smallest absolute Gasteiger partial charge is 0.307 e. The van der Waals surface area contributed by atoms with E-state index in [9.17, 15) is 17.6 Å². The van der Waals surface area contributed by atoms with Crippen LogP contribution in [0.25, 0.3) is 0 Å². The molecule has 1 fully saturated rings. The number of carbonyl (C=O) groups excluding carboxylic acids is 1. The predicted octanol–water partition coefficient (Wildman–Crippen LogP) is 4.01. The minimum atomic E-state index is -3.80. The maximum absolute atomic E-state index is 14.0. The van der Waals surface area contributed by atoms with E-state index in [1.165, 1.54) is 12.1 Å². The van der Waals surface area contributed by atoms with Crippen LogP contribution in [0.4, 0.5) is 14.9 Å². The quantitative estimate of drug-likeness (QED) is 0.739. The Morgan fingerprint density at radius 3 is 2.29 bits per heavy atom. The highest BCUT2D eigenvalue weighted by atomic mass is 32.2. The van der Waals surface area contributed by atoms with Gasteiger partial charge in [0.15, 0.2) is 0 Å². The highest BCUT2D eigenvalue weighted by Crippen LogP contribution is 2.33. The molecule has 1 aliphatic heterocycles. The molecule has 0 aliphatic carbocycles. The van der Waals surface area contributed by atoms with E-state index in [1.807, 2.05) is 34.6 Å². The van der Waals surface area contributed by atoms with Crippen LogP contribution in [0.5, 0.6) is 0 Å². The van der Waals surface area contributed by atoms with Crippen molar-refractivity contribution in [2.24, 2.45) is 0 Å². The summed E-state index contributed by atoms with van der Waals surface area (Å²) in [5.74, 6) is -0.430. The highest BCUT2D eigenvalue weighted by Gasteiger charge is 2.32. The SMILES string of the molecule is CCN1CCCC(S(=O)(=O)NC(=O)Nc2c(C(C)C)cc(F)cc2C(C)C)C1. The van der Waals surface area contributed by atoms with E-state index in [2.05, 4.69) is 14.9 Å². The van der Waals surface area contributed by atoms with Gasteiger partial charge in [-0.3, -0.25) is 0 Å². The number of benzene rings is 1. The van der Waals surface area contributed by atoms with Gasteiger partial charge in [0, 0.05) is 12.2 Å². The third-order valence-corrected chi connectivity index (χ3v) is 6.96. The number of urea groups is 1. The normalized spacial score (nSPS) is 18.5. The summed E-state index contributed by atoms with van der Waals surface area (Å²) in [4.78, 5) is 14.6. The lowest BCUT2D eigenvalue weighted by Crippen LogP contribution is -2.48. The Balaban J connectivity index is 2.23. The van der Waals surface area contributed by atoms with Crippen molar-refractivity contribution in [2.75, 3.05) is 25.0 Å². The molecule has 0 bridgehead atoms. The molecule has 2 amide bonds. The maximum Gasteiger partial charge on any atom is 0.332 e. The van der Waals surface area contributed by atoms with Gasteiger partial charge in [-0.2, -0.15) is 0 Å². The van der Waals surface area contributed by atoms with Crippen LogP contribution < -0.4 is 10.0 Å². The molecule has 1 saturated heterocycles. The van der Waals surface area contributed by atoms with E-state index in [0.29, 0.717) is 29.8 Å². The first-order chi connectivity index (χ1) is 13.0. The molecule has 0 radical (unpaired) electrons. The molecule has 1 aromatic carbocycles. The van der Waals surface area contributed by atoms with E-state index in [1.54, 1.807) is 0 Å². The van der Waals surface area contributed by atoms with Crippen LogP contribution >= 0.6 is 0 Å². The molecule has 1 aliphatic rings. The molecule has 2 rings (SSSR count). The average molecular weight is 414 g/mol. The summed E-state index contributed by atoms with van der Waals surface area (Å²) in [6.07, 6.45) is 1.32.